The highest BCUT2D eigenvalue weighted by atomic mass is 32.1. The Morgan fingerprint density at radius 1 is 1.12 bits per heavy atom. The smallest absolute Gasteiger partial charge is 0.341 e. The maximum absolute atomic E-state index is 12.0. The second kappa shape index (κ2) is 4.50. The first-order valence-electron chi connectivity index (χ1n) is 5.10. The van der Waals surface area contributed by atoms with E-state index in [2.05, 4.69) is 12.8 Å². The summed E-state index contributed by atoms with van der Waals surface area (Å²) >= 11 is 3.90. The van der Waals surface area contributed by atoms with Crippen molar-refractivity contribution in [1.82, 2.24) is 14.1 Å². The molecule has 6 nitrogen and oxygen atoms in total. The van der Waals surface area contributed by atoms with Gasteiger partial charge in [-0.15, -0.1) is 0 Å². The van der Waals surface area contributed by atoms with Crippen LogP contribution >= 0.6 is 12.8 Å². The van der Waals surface area contributed by atoms with Crippen molar-refractivity contribution in [1.29, 1.82) is 0 Å². The molecule has 4 amide bonds. The molecule has 1 heterocycles. The summed E-state index contributed by atoms with van der Waals surface area (Å²) in [5.41, 5.74) is 0. The standard InChI is InChI=1S/C9H17N3O3S/c1-5(2)10-7(13)11(6(3)4)9(15)12(16)8(10)14/h5-6,8,14,16H,1-4H3. The van der Waals surface area contributed by atoms with Gasteiger partial charge < -0.3 is 5.11 Å². The summed E-state index contributed by atoms with van der Waals surface area (Å²) in [6, 6.07) is -1.59. The van der Waals surface area contributed by atoms with E-state index in [1.807, 2.05) is 0 Å². The molecular weight excluding hydrogens is 230 g/mol. The Labute approximate surface area is 100 Å². The number of urea groups is 2. The van der Waals surface area contributed by atoms with Gasteiger partial charge in [0.25, 0.3) is 0 Å². The van der Waals surface area contributed by atoms with E-state index < -0.39 is 18.4 Å². The normalized spacial score (nSPS) is 22.8. The fraction of sp³-hybridized carbons (Fsp3) is 0.778. The van der Waals surface area contributed by atoms with Gasteiger partial charge in [-0.05, 0) is 27.7 Å². The molecule has 0 bridgehead atoms. The van der Waals surface area contributed by atoms with Crippen molar-refractivity contribution in [2.24, 2.45) is 0 Å². The molecule has 1 atom stereocenters. The minimum atomic E-state index is -1.32. The summed E-state index contributed by atoms with van der Waals surface area (Å²) in [5.74, 6) is 0. The minimum Gasteiger partial charge on any atom is -0.355 e. The number of aliphatic hydroxyl groups is 1. The number of nitrogens with zero attached hydrogens (tertiary/aromatic N) is 3. The maximum atomic E-state index is 12.0. The fourth-order valence-corrected chi connectivity index (χ4v) is 1.77. The zero-order valence-electron chi connectivity index (χ0n) is 9.78. The molecule has 0 saturated carbocycles. The zero-order valence-corrected chi connectivity index (χ0v) is 10.7. The van der Waals surface area contributed by atoms with E-state index in [4.69, 9.17) is 0 Å². The number of hydrogen-bond donors (Lipinski definition) is 2. The van der Waals surface area contributed by atoms with Crippen molar-refractivity contribution < 1.29 is 14.7 Å². The molecule has 0 aromatic carbocycles. The third-order valence-electron chi connectivity index (χ3n) is 2.37. The van der Waals surface area contributed by atoms with E-state index in [9.17, 15) is 14.7 Å². The molecule has 0 aliphatic carbocycles. The number of imide groups is 1. The highest BCUT2D eigenvalue weighted by Gasteiger charge is 2.44. The molecule has 0 aromatic heterocycles. The minimum absolute atomic E-state index is 0.216. The lowest BCUT2D eigenvalue weighted by molar-refractivity contribution is -0.0695. The molecular formula is C9H17N3O3S. The van der Waals surface area contributed by atoms with E-state index in [0.717, 1.165) is 9.21 Å². The quantitative estimate of drug-likeness (QED) is 0.718. The predicted molar refractivity (Wildman–Crippen MR) is 61.6 cm³/mol. The molecule has 1 unspecified atom stereocenters. The number of aliphatic hydroxyl groups excluding tert-OH is 1. The van der Waals surface area contributed by atoms with Crippen LogP contribution in [0, 0.1) is 0 Å². The summed E-state index contributed by atoms with van der Waals surface area (Å²) in [7, 11) is 0. The lowest BCUT2D eigenvalue weighted by Gasteiger charge is -2.45. The first-order valence-corrected chi connectivity index (χ1v) is 5.50. The molecule has 1 aliphatic rings. The molecule has 7 heteroatoms. The number of thiol groups is 1. The second-order valence-electron chi connectivity index (χ2n) is 4.22. The SMILES string of the molecule is CC(C)N1C(=O)N(S)C(O)N(C(C)C)C1=O. The van der Waals surface area contributed by atoms with Crippen molar-refractivity contribution in [2.75, 3.05) is 0 Å². The van der Waals surface area contributed by atoms with Gasteiger partial charge in [0.15, 0.2) is 0 Å². The van der Waals surface area contributed by atoms with E-state index in [0.29, 0.717) is 0 Å². The third-order valence-corrected chi connectivity index (χ3v) is 2.75. The van der Waals surface area contributed by atoms with E-state index in [-0.39, 0.29) is 12.1 Å². The topological polar surface area (TPSA) is 64.1 Å². The number of hydrogen-bond acceptors (Lipinski definition) is 4. The van der Waals surface area contributed by atoms with Crippen molar-refractivity contribution >= 4 is 24.9 Å². The average Bonchev–Trinajstić information content (AvgIpc) is 2.13. The number of carbonyl (C=O) groups is 2. The summed E-state index contributed by atoms with van der Waals surface area (Å²) < 4.78 is 0.849. The second-order valence-corrected chi connectivity index (χ2v) is 4.65. The van der Waals surface area contributed by atoms with Gasteiger partial charge in [-0.1, -0.05) is 12.8 Å². The summed E-state index contributed by atoms with van der Waals surface area (Å²) in [5, 5.41) is 9.76. The van der Waals surface area contributed by atoms with Gasteiger partial charge in [0.2, 0.25) is 6.35 Å². The van der Waals surface area contributed by atoms with Gasteiger partial charge in [0.1, 0.15) is 0 Å². The average molecular weight is 247 g/mol. The van der Waals surface area contributed by atoms with Crippen LogP contribution in [-0.4, -0.2) is 49.7 Å². The Kier molecular flexibility index (Phi) is 3.69. The molecule has 1 saturated heterocycles. The van der Waals surface area contributed by atoms with Gasteiger partial charge in [-0.25, -0.2) is 18.8 Å². The fourth-order valence-electron chi connectivity index (χ4n) is 1.56. The molecule has 1 N–H and O–H groups in total. The van der Waals surface area contributed by atoms with Crippen LogP contribution < -0.4 is 0 Å². The molecule has 0 aromatic rings. The lowest BCUT2D eigenvalue weighted by Crippen LogP contribution is -2.66. The van der Waals surface area contributed by atoms with Gasteiger partial charge in [0.05, 0.1) is 0 Å². The van der Waals surface area contributed by atoms with Crippen LogP contribution in [0.2, 0.25) is 0 Å². The summed E-state index contributed by atoms with van der Waals surface area (Å²) in [6.45, 7) is 6.98. The first kappa shape index (κ1) is 13.1. The van der Waals surface area contributed by atoms with E-state index in [1.165, 1.54) is 4.90 Å². The van der Waals surface area contributed by atoms with Gasteiger partial charge >= 0.3 is 12.1 Å². The molecule has 0 spiro atoms. The lowest BCUT2D eigenvalue weighted by atomic mass is 10.3. The number of rotatable bonds is 2. The Morgan fingerprint density at radius 2 is 1.62 bits per heavy atom. The maximum Gasteiger partial charge on any atom is 0.341 e. The van der Waals surface area contributed by atoms with Crippen LogP contribution in [0.3, 0.4) is 0 Å². The molecule has 92 valence electrons. The number of amides is 4. The van der Waals surface area contributed by atoms with Crippen LogP contribution in [0.25, 0.3) is 0 Å². The molecule has 1 rings (SSSR count). The van der Waals surface area contributed by atoms with Gasteiger partial charge in [-0.2, -0.15) is 0 Å². The van der Waals surface area contributed by atoms with Crippen molar-refractivity contribution in [2.45, 2.75) is 46.1 Å². The van der Waals surface area contributed by atoms with Crippen LogP contribution in [0.15, 0.2) is 0 Å². The summed E-state index contributed by atoms with van der Waals surface area (Å²) in [6.07, 6.45) is -1.32. The highest BCUT2D eigenvalue weighted by Crippen LogP contribution is 2.23. The Hall–Kier alpha value is -0.950. The van der Waals surface area contributed by atoms with Gasteiger partial charge in [-0.3, -0.25) is 4.90 Å². The Bertz CT molecular complexity index is 308. The van der Waals surface area contributed by atoms with E-state index in [1.54, 1.807) is 27.7 Å². The predicted octanol–water partition coefficient (Wildman–Crippen LogP) is 1.08. The number of carbonyl (C=O) groups excluding carboxylic acids is 2. The Balaban J connectivity index is 3.07. The first-order chi connectivity index (χ1) is 7.29. The Morgan fingerprint density at radius 3 is 2.00 bits per heavy atom. The van der Waals surface area contributed by atoms with Gasteiger partial charge in [0, 0.05) is 12.1 Å². The van der Waals surface area contributed by atoms with Crippen LogP contribution in [0.5, 0.6) is 0 Å². The summed E-state index contributed by atoms with van der Waals surface area (Å²) in [4.78, 5) is 26.0. The molecule has 1 aliphatic heterocycles. The third kappa shape index (κ3) is 1.97. The largest absolute Gasteiger partial charge is 0.355 e. The van der Waals surface area contributed by atoms with Crippen LogP contribution in [0.4, 0.5) is 9.59 Å². The van der Waals surface area contributed by atoms with E-state index >= 15 is 0 Å². The van der Waals surface area contributed by atoms with Crippen molar-refractivity contribution in [3.05, 3.63) is 0 Å². The van der Waals surface area contributed by atoms with Crippen LogP contribution in [0.1, 0.15) is 27.7 Å². The monoisotopic (exact) mass is 247 g/mol. The zero-order chi connectivity index (χ0) is 12.6. The highest BCUT2D eigenvalue weighted by molar-refractivity contribution is 7.78. The molecule has 0 radical (unpaired) electrons. The molecule has 1 fully saturated rings. The van der Waals surface area contributed by atoms with Crippen LogP contribution in [-0.2, 0) is 0 Å². The van der Waals surface area contributed by atoms with Crippen molar-refractivity contribution in [3.63, 3.8) is 0 Å². The molecule has 16 heavy (non-hydrogen) atoms. The van der Waals surface area contributed by atoms with Crippen molar-refractivity contribution in [3.8, 4) is 0 Å².